The zero-order chi connectivity index (χ0) is 16.3. The molecule has 2 aromatic heterocycles. The molecule has 3 heterocycles. The molecule has 1 aliphatic heterocycles. The quantitative estimate of drug-likeness (QED) is 0.918. The van der Waals surface area contributed by atoms with E-state index in [-0.39, 0.29) is 5.82 Å². The van der Waals surface area contributed by atoms with Gasteiger partial charge in [-0.3, -0.25) is 0 Å². The van der Waals surface area contributed by atoms with Gasteiger partial charge in [0, 0.05) is 19.3 Å². The second-order valence-electron chi connectivity index (χ2n) is 5.48. The molecule has 0 saturated carbocycles. The van der Waals surface area contributed by atoms with E-state index in [2.05, 4.69) is 20.2 Å². The molecule has 7 heteroatoms. The molecular formula is C16H17F3N4. The van der Waals surface area contributed by atoms with Crippen molar-refractivity contribution < 1.29 is 13.2 Å². The summed E-state index contributed by atoms with van der Waals surface area (Å²) in [7, 11) is 0. The topological polar surface area (TPSA) is 41.1 Å². The number of alkyl halides is 3. The van der Waals surface area contributed by atoms with Crippen molar-refractivity contribution >= 4 is 17.3 Å². The van der Waals surface area contributed by atoms with E-state index in [1.807, 2.05) is 6.07 Å². The maximum Gasteiger partial charge on any atom is 0.419 e. The van der Waals surface area contributed by atoms with E-state index in [4.69, 9.17) is 0 Å². The average molecular weight is 322 g/mol. The summed E-state index contributed by atoms with van der Waals surface area (Å²) < 4.78 is 38.9. The lowest BCUT2D eigenvalue weighted by Crippen LogP contribution is -2.30. The van der Waals surface area contributed by atoms with Gasteiger partial charge in [-0.2, -0.15) is 13.2 Å². The molecule has 0 spiro atoms. The van der Waals surface area contributed by atoms with E-state index in [1.54, 1.807) is 12.3 Å². The van der Waals surface area contributed by atoms with Crippen molar-refractivity contribution in [3.63, 3.8) is 0 Å². The van der Waals surface area contributed by atoms with Gasteiger partial charge in [-0.1, -0.05) is 0 Å². The Morgan fingerprint density at radius 2 is 1.78 bits per heavy atom. The minimum absolute atomic E-state index is 0.215. The number of aromatic nitrogens is 2. The molecule has 1 aliphatic rings. The van der Waals surface area contributed by atoms with Crippen LogP contribution in [0.2, 0.25) is 0 Å². The van der Waals surface area contributed by atoms with Gasteiger partial charge in [0.15, 0.2) is 0 Å². The highest BCUT2D eigenvalue weighted by Crippen LogP contribution is 2.34. The Morgan fingerprint density at radius 3 is 2.43 bits per heavy atom. The summed E-state index contributed by atoms with van der Waals surface area (Å²) in [6.07, 6.45) is 1.94. The maximum atomic E-state index is 13.0. The smallest absolute Gasteiger partial charge is 0.357 e. The van der Waals surface area contributed by atoms with Gasteiger partial charge < -0.3 is 10.2 Å². The Morgan fingerprint density at radius 1 is 1.00 bits per heavy atom. The van der Waals surface area contributed by atoms with Crippen LogP contribution >= 0.6 is 0 Å². The first-order chi connectivity index (χ1) is 11.0. The first-order valence-corrected chi connectivity index (χ1v) is 7.54. The molecule has 0 unspecified atom stereocenters. The molecule has 1 N–H and O–H groups in total. The summed E-state index contributed by atoms with van der Waals surface area (Å²) in [6, 6.07) is 5.83. The van der Waals surface area contributed by atoms with Gasteiger partial charge >= 0.3 is 6.18 Å². The number of hydrogen-bond donors (Lipinski definition) is 1. The molecular weight excluding hydrogens is 305 g/mol. The summed E-state index contributed by atoms with van der Waals surface area (Å²) >= 11 is 0. The fourth-order valence-electron chi connectivity index (χ4n) is 2.64. The molecule has 0 aliphatic carbocycles. The summed E-state index contributed by atoms with van der Waals surface area (Å²) in [4.78, 5) is 10.3. The van der Waals surface area contributed by atoms with Crippen molar-refractivity contribution in [2.45, 2.75) is 25.4 Å². The van der Waals surface area contributed by atoms with Gasteiger partial charge in [0.25, 0.3) is 0 Å². The Bertz CT molecular complexity index is 649. The average Bonchev–Trinajstić information content (AvgIpc) is 2.56. The van der Waals surface area contributed by atoms with Crippen molar-refractivity contribution in [2.75, 3.05) is 23.3 Å². The number of nitrogens with zero attached hydrogens (tertiary/aromatic N) is 3. The van der Waals surface area contributed by atoms with Gasteiger partial charge in [-0.05, 0) is 43.5 Å². The number of pyridine rings is 2. The van der Waals surface area contributed by atoms with E-state index in [0.717, 1.165) is 37.8 Å². The largest absolute Gasteiger partial charge is 0.419 e. The van der Waals surface area contributed by atoms with Crippen molar-refractivity contribution in [1.82, 2.24) is 9.97 Å². The monoisotopic (exact) mass is 322 g/mol. The zero-order valence-corrected chi connectivity index (χ0v) is 12.5. The van der Waals surface area contributed by atoms with Crippen LogP contribution in [0.5, 0.6) is 0 Å². The van der Waals surface area contributed by atoms with E-state index >= 15 is 0 Å². The molecule has 1 fully saturated rings. The van der Waals surface area contributed by atoms with Gasteiger partial charge in [0.05, 0.1) is 17.4 Å². The number of halogens is 3. The normalized spacial score (nSPS) is 15.5. The van der Waals surface area contributed by atoms with Gasteiger partial charge in [0.2, 0.25) is 0 Å². The Labute approximate surface area is 132 Å². The molecule has 0 amide bonds. The van der Waals surface area contributed by atoms with Crippen LogP contribution in [0.4, 0.5) is 30.5 Å². The standard InChI is InChI=1S/C16H17F3N4/c17-16(18,19)13-5-4-8-20-15(13)22-12-6-7-14(21-11-12)23-9-2-1-3-10-23/h4-8,11H,1-3,9-10H2,(H,20,22). The van der Waals surface area contributed by atoms with E-state index in [1.165, 1.54) is 18.7 Å². The van der Waals surface area contributed by atoms with E-state index in [9.17, 15) is 13.2 Å². The van der Waals surface area contributed by atoms with Crippen molar-refractivity contribution in [1.29, 1.82) is 0 Å². The van der Waals surface area contributed by atoms with Gasteiger partial charge in [0.1, 0.15) is 11.6 Å². The van der Waals surface area contributed by atoms with Crippen molar-refractivity contribution in [2.24, 2.45) is 0 Å². The van der Waals surface area contributed by atoms with Crippen LogP contribution in [0.1, 0.15) is 24.8 Å². The van der Waals surface area contributed by atoms with Crippen LogP contribution in [0.3, 0.4) is 0 Å². The molecule has 0 bridgehead atoms. The summed E-state index contributed by atoms with van der Waals surface area (Å²) in [5.41, 5.74) is -0.310. The number of hydrogen-bond acceptors (Lipinski definition) is 4. The molecule has 23 heavy (non-hydrogen) atoms. The molecule has 0 radical (unpaired) electrons. The van der Waals surface area contributed by atoms with E-state index < -0.39 is 11.7 Å². The fraction of sp³-hybridized carbons (Fsp3) is 0.375. The molecule has 2 aromatic rings. The molecule has 0 atom stereocenters. The van der Waals surface area contributed by atoms with Crippen LogP contribution in [0.25, 0.3) is 0 Å². The Hall–Kier alpha value is -2.31. The molecule has 122 valence electrons. The van der Waals surface area contributed by atoms with Crippen LogP contribution in [0.15, 0.2) is 36.7 Å². The lowest BCUT2D eigenvalue weighted by atomic mass is 10.1. The zero-order valence-electron chi connectivity index (χ0n) is 12.5. The predicted molar refractivity (Wildman–Crippen MR) is 82.8 cm³/mol. The SMILES string of the molecule is FC(F)(F)c1cccnc1Nc1ccc(N2CCCCC2)nc1. The van der Waals surface area contributed by atoms with Crippen molar-refractivity contribution in [3.05, 3.63) is 42.2 Å². The Balaban J connectivity index is 1.76. The Kier molecular flexibility index (Phi) is 4.36. The first kappa shape index (κ1) is 15.6. The first-order valence-electron chi connectivity index (χ1n) is 7.54. The highest BCUT2D eigenvalue weighted by molar-refractivity contribution is 5.60. The molecule has 1 saturated heterocycles. The highest BCUT2D eigenvalue weighted by atomic mass is 19.4. The number of piperidine rings is 1. The second-order valence-corrected chi connectivity index (χ2v) is 5.48. The lowest BCUT2D eigenvalue weighted by molar-refractivity contribution is -0.137. The number of nitrogens with one attached hydrogen (secondary N) is 1. The summed E-state index contributed by atoms with van der Waals surface area (Å²) in [6.45, 7) is 1.94. The lowest BCUT2D eigenvalue weighted by Gasteiger charge is -2.27. The van der Waals surface area contributed by atoms with Crippen LogP contribution in [0, 0.1) is 0 Å². The van der Waals surface area contributed by atoms with Gasteiger partial charge in [-0.25, -0.2) is 9.97 Å². The summed E-state index contributed by atoms with van der Waals surface area (Å²) in [5, 5.41) is 2.70. The maximum absolute atomic E-state index is 13.0. The van der Waals surface area contributed by atoms with Crippen molar-refractivity contribution in [3.8, 4) is 0 Å². The third-order valence-electron chi connectivity index (χ3n) is 3.80. The highest BCUT2D eigenvalue weighted by Gasteiger charge is 2.34. The van der Waals surface area contributed by atoms with Crippen LogP contribution in [-0.4, -0.2) is 23.1 Å². The summed E-state index contributed by atoms with van der Waals surface area (Å²) in [5.74, 6) is 0.639. The minimum Gasteiger partial charge on any atom is -0.357 e. The molecule has 3 rings (SSSR count). The number of anilines is 3. The minimum atomic E-state index is -4.45. The second kappa shape index (κ2) is 6.44. The molecule has 4 nitrogen and oxygen atoms in total. The van der Waals surface area contributed by atoms with Crippen LogP contribution < -0.4 is 10.2 Å². The van der Waals surface area contributed by atoms with Crippen LogP contribution in [-0.2, 0) is 6.18 Å². The fourth-order valence-corrected chi connectivity index (χ4v) is 2.64. The third-order valence-corrected chi connectivity index (χ3v) is 3.80. The predicted octanol–water partition coefficient (Wildman–Crippen LogP) is 4.23. The number of rotatable bonds is 3. The third kappa shape index (κ3) is 3.72. The van der Waals surface area contributed by atoms with Gasteiger partial charge in [-0.15, -0.1) is 0 Å². The van der Waals surface area contributed by atoms with E-state index in [0.29, 0.717) is 5.69 Å². The molecule has 0 aromatic carbocycles.